The van der Waals surface area contributed by atoms with E-state index in [4.69, 9.17) is 0 Å². The molecule has 0 unspecified atom stereocenters. The van der Waals surface area contributed by atoms with Crippen molar-refractivity contribution in [2.24, 2.45) is 11.8 Å². The number of nitrogens with one attached hydrogen (secondary N) is 2. The van der Waals surface area contributed by atoms with Gasteiger partial charge in [-0.3, -0.25) is 0 Å². The van der Waals surface area contributed by atoms with E-state index in [0.717, 1.165) is 11.8 Å². The highest BCUT2D eigenvalue weighted by molar-refractivity contribution is 4.68. The zero-order valence-corrected chi connectivity index (χ0v) is 9.81. The maximum absolute atomic E-state index is 3.51. The zero-order chi connectivity index (χ0) is 10.2. The van der Waals surface area contributed by atoms with E-state index in [1.807, 2.05) is 0 Å². The third-order valence-electron chi connectivity index (χ3n) is 2.98. The minimum atomic E-state index is 0.786. The van der Waals surface area contributed by atoms with E-state index in [-0.39, 0.29) is 0 Å². The van der Waals surface area contributed by atoms with E-state index >= 15 is 0 Å². The average molecular weight is 198 g/mol. The molecule has 1 fully saturated rings. The summed E-state index contributed by atoms with van der Waals surface area (Å²) in [7, 11) is 0. The maximum Gasteiger partial charge on any atom is -0.00258 e. The summed E-state index contributed by atoms with van der Waals surface area (Å²) in [6.07, 6.45) is 5.57. The lowest BCUT2D eigenvalue weighted by Crippen LogP contribution is -2.28. The zero-order valence-electron chi connectivity index (χ0n) is 9.81. The molecule has 0 radical (unpaired) electrons. The second-order valence-corrected chi connectivity index (χ2v) is 4.93. The molecule has 84 valence electrons. The van der Waals surface area contributed by atoms with Crippen LogP contribution in [0.5, 0.6) is 0 Å². The lowest BCUT2D eigenvalue weighted by Gasteiger charge is -2.22. The van der Waals surface area contributed by atoms with Gasteiger partial charge in [-0.15, -0.1) is 0 Å². The van der Waals surface area contributed by atoms with Crippen molar-refractivity contribution in [1.29, 1.82) is 0 Å². The van der Waals surface area contributed by atoms with Crippen LogP contribution in [0.2, 0.25) is 0 Å². The molecule has 0 aromatic carbocycles. The van der Waals surface area contributed by atoms with Gasteiger partial charge < -0.3 is 10.6 Å². The Balaban J connectivity index is 1.87. The molecule has 0 aliphatic carbocycles. The van der Waals surface area contributed by atoms with Crippen LogP contribution >= 0.6 is 0 Å². The van der Waals surface area contributed by atoms with Crippen molar-refractivity contribution >= 4 is 0 Å². The molecule has 2 nitrogen and oxygen atoms in total. The normalized spacial score (nSPS) is 19.1. The van der Waals surface area contributed by atoms with Gasteiger partial charge in [0.15, 0.2) is 0 Å². The van der Waals surface area contributed by atoms with Crippen LogP contribution in [-0.2, 0) is 0 Å². The van der Waals surface area contributed by atoms with E-state index in [1.54, 1.807) is 0 Å². The van der Waals surface area contributed by atoms with Crippen molar-refractivity contribution in [3.05, 3.63) is 0 Å². The molecular formula is C12H26N2. The fourth-order valence-corrected chi connectivity index (χ4v) is 2.08. The number of hydrogen-bond donors (Lipinski definition) is 2. The largest absolute Gasteiger partial charge is 0.317 e. The Kier molecular flexibility index (Phi) is 6.20. The summed E-state index contributed by atoms with van der Waals surface area (Å²) in [5, 5.41) is 6.92. The Morgan fingerprint density at radius 3 is 2.64 bits per heavy atom. The Bertz CT molecular complexity index is 128. The van der Waals surface area contributed by atoms with Crippen LogP contribution in [0, 0.1) is 11.8 Å². The molecular weight excluding hydrogens is 172 g/mol. The summed E-state index contributed by atoms with van der Waals surface area (Å²) < 4.78 is 0. The first kappa shape index (κ1) is 12.0. The highest BCUT2D eigenvalue weighted by Crippen LogP contribution is 2.16. The fraction of sp³-hybridized carbons (Fsp3) is 1.00. The lowest BCUT2D eigenvalue weighted by molar-refractivity contribution is 0.343. The van der Waals surface area contributed by atoms with E-state index in [0.29, 0.717) is 0 Å². The molecule has 0 spiro atoms. The SMILES string of the molecule is CC(C)CNCCCC1CCNCC1. The van der Waals surface area contributed by atoms with Crippen LogP contribution in [0.15, 0.2) is 0 Å². The third-order valence-corrected chi connectivity index (χ3v) is 2.98. The molecule has 1 aliphatic heterocycles. The van der Waals surface area contributed by atoms with Gasteiger partial charge in [0.25, 0.3) is 0 Å². The molecule has 0 atom stereocenters. The first-order valence-electron chi connectivity index (χ1n) is 6.20. The van der Waals surface area contributed by atoms with Gasteiger partial charge in [-0.25, -0.2) is 0 Å². The monoisotopic (exact) mass is 198 g/mol. The maximum atomic E-state index is 3.51. The fourth-order valence-electron chi connectivity index (χ4n) is 2.08. The van der Waals surface area contributed by atoms with Gasteiger partial charge in [-0.2, -0.15) is 0 Å². The molecule has 0 aromatic heterocycles. The molecule has 2 N–H and O–H groups in total. The summed E-state index contributed by atoms with van der Waals surface area (Å²) in [5.41, 5.74) is 0. The standard InChI is InChI=1S/C12H26N2/c1-11(2)10-14-7-3-4-12-5-8-13-9-6-12/h11-14H,3-10H2,1-2H3. The van der Waals surface area contributed by atoms with Crippen LogP contribution in [-0.4, -0.2) is 26.2 Å². The summed E-state index contributed by atoms with van der Waals surface area (Å²) >= 11 is 0. The quantitative estimate of drug-likeness (QED) is 0.638. The van der Waals surface area contributed by atoms with Crippen molar-refractivity contribution in [1.82, 2.24) is 10.6 Å². The van der Waals surface area contributed by atoms with E-state index < -0.39 is 0 Å². The second kappa shape index (κ2) is 7.24. The number of rotatable bonds is 6. The van der Waals surface area contributed by atoms with Gasteiger partial charge in [0.1, 0.15) is 0 Å². The summed E-state index contributed by atoms with van der Waals surface area (Å²) in [4.78, 5) is 0. The highest BCUT2D eigenvalue weighted by Gasteiger charge is 2.11. The molecule has 2 heteroatoms. The van der Waals surface area contributed by atoms with Gasteiger partial charge in [-0.05, 0) is 63.7 Å². The minimum Gasteiger partial charge on any atom is -0.317 e. The molecule has 14 heavy (non-hydrogen) atoms. The van der Waals surface area contributed by atoms with E-state index in [9.17, 15) is 0 Å². The lowest BCUT2D eigenvalue weighted by atomic mass is 9.93. The van der Waals surface area contributed by atoms with Gasteiger partial charge in [0.05, 0.1) is 0 Å². The first-order valence-corrected chi connectivity index (χ1v) is 6.20. The molecule has 1 rings (SSSR count). The predicted molar refractivity (Wildman–Crippen MR) is 62.5 cm³/mol. The van der Waals surface area contributed by atoms with Crippen molar-refractivity contribution < 1.29 is 0 Å². The van der Waals surface area contributed by atoms with Gasteiger partial charge in [0.2, 0.25) is 0 Å². The van der Waals surface area contributed by atoms with Crippen molar-refractivity contribution in [3.63, 3.8) is 0 Å². The Labute approximate surface area is 88.8 Å². The molecule has 1 heterocycles. The van der Waals surface area contributed by atoms with Crippen LogP contribution in [0.3, 0.4) is 0 Å². The van der Waals surface area contributed by atoms with Crippen molar-refractivity contribution in [3.8, 4) is 0 Å². The van der Waals surface area contributed by atoms with E-state index in [1.165, 1.54) is 51.9 Å². The molecule has 0 bridgehead atoms. The van der Waals surface area contributed by atoms with Crippen molar-refractivity contribution in [2.75, 3.05) is 26.2 Å². The minimum absolute atomic E-state index is 0.786. The highest BCUT2D eigenvalue weighted by atomic mass is 14.9. The third kappa shape index (κ3) is 5.61. The Hall–Kier alpha value is -0.0800. The summed E-state index contributed by atoms with van der Waals surface area (Å²) in [6, 6.07) is 0. The van der Waals surface area contributed by atoms with Crippen LogP contribution in [0.1, 0.15) is 39.5 Å². The summed E-state index contributed by atoms with van der Waals surface area (Å²) in [6.45, 7) is 9.39. The first-order chi connectivity index (χ1) is 6.79. The molecule has 1 aliphatic rings. The average Bonchev–Trinajstić information content (AvgIpc) is 2.18. The molecule has 1 saturated heterocycles. The van der Waals surface area contributed by atoms with Crippen LogP contribution < -0.4 is 10.6 Å². The van der Waals surface area contributed by atoms with E-state index in [2.05, 4.69) is 24.5 Å². The Morgan fingerprint density at radius 1 is 1.29 bits per heavy atom. The van der Waals surface area contributed by atoms with Crippen LogP contribution in [0.25, 0.3) is 0 Å². The molecule has 0 saturated carbocycles. The smallest absolute Gasteiger partial charge is 0.00258 e. The molecule has 0 amide bonds. The number of piperidine rings is 1. The van der Waals surface area contributed by atoms with Gasteiger partial charge in [0, 0.05) is 0 Å². The molecule has 0 aromatic rings. The Morgan fingerprint density at radius 2 is 2.00 bits per heavy atom. The second-order valence-electron chi connectivity index (χ2n) is 4.93. The van der Waals surface area contributed by atoms with Crippen LogP contribution in [0.4, 0.5) is 0 Å². The van der Waals surface area contributed by atoms with Crippen molar-refractivity contribution in [2.45, 2.75) is 39.5 Å². The van der Waals surface area contributed by atoms with Gasteiger partial charge >= 0.3 is 0 Å². The number of hydrogen-bond acceptors (Lipinski definition) is 2. The topological polar surface area (TPSA) is 24.1 Å². The van der Waals surface area contributed by atoms with Gasteiger partial charge in [-0.1, -0.05) is 13.8 Å². The summed E-state index contributed by atoms with van der Waals surface area (Å²) in [5.74, 6) is 1.78. The predicted octanol–water partition coefficient (Wildman–Crippen LogP) is 2.01.